The molecule has 114 heavy (non-hydrogen) atoms. The minimum Gasteiger partial charge on any atom is -0.487 e. The van der Waals surface area contributed by atoms with Crippen molar-refractivity contribution in [3.8, 4) is 46.0 Å². The first-order valence-electron chi connectivity index (χ1n) is 37.2. The summed E-state index contributed by atoms with van der Waals surface area (Å²) in [7, 11) is 1.00. The van der Waals surface area contributed by atoms with E-state index in [9.17, 15) is 24.3 Å². The van der Waals surface area contributed by atoms with Crippen molar-refractivity contribution >= 4 is 46.9 Å². The van der Waals surface area contributed by atoms with Crippen molar-refractivity contribution in [1.29, 1.82) is 0 Å². The number of isocyanates is 2. The van der Waals surface area contributed by atoms with Crippen LogP contribution in [0.4, 0.5) is 27.5 Å². The third-order valence-corrected chi connectivity index (χ3v) is 14.2. The predicted molar refractivity (Wildman–Crippen MR) is 434 cm³/mol. The van der Waals surface area contributed by atoms with Gasteiger partial charge in [0.2, 0.25) is 18.1 Å². The smallest absolute Gasteiger partial charge is 0.411 e. The van der Waals surface area contributed by atoms with Gasteiger partial charge in [0.1, 0.15) is 52.9 Å². The number of hydrogen-bond acceptors (Lipinski definition) is 26. The van der Waals surface area contributed by atoms with Crippen molar-refractivity contribution in [2.24, 2.45) is 9.98 Å². The number of benzene rings is 8. The lowest BCUT2D eigenvalue weighted by Crippen LogP contribution is -2.15. The van der Waals surface area contributed by atoms with E-state index in [1.165, 1.54) is 19.1 Å². The molecule has 0 bridgehead atoms. The maximum atomic E-state index is 11.0. The molecule has 0 saturated carbocycles. The van der Waals surface area contributed by atoms with E-state index in [0.717, 1.165) is 40.7 Å². The summed E-state index contributed by atoms with van der Waals surface area (Å²) in [4.78, 5) is 47.8. The van der Waals surface area contributed by atoms with Gasteiger partial charge in [0.15, 0.2) is 46.0 Å². The summed E-state index contributed by atoms with van der Waals surface area (Å²) in [6, 6.07) is 59.5. The topological polar surface area (TPSA) is 335 Å². The zero-order valence-electron chi connectivity index (χ0n) is 66.4. The summed E-state index contributed by atoms with van der Waals surface area (Å²) in [6.45, 7) is 22.0. The second-order valence-electron chi connectivity index (χ2n) is 23.1. The standard InChI is InChI=1S/C25H34O9.C25H34O8.C10H13NO2.C8H7NO.C8H9NO.C7H5NO.C2H6O.CH4O/c26-20-21-5-6-24-25(19-21)34-18-14-30-10-9-28-12-16-32-23-4-2-1-3-22(23)31-15-11-27-7-8-29-13-17-33-24;1-21-6-7-24-25(20-21)33-19-15-29-11-10-27-13-17-31-23-5-3-2-4-22(23)30-16-12-26-8-9-28-14-18-32-24;1-3-13-10(12)11-9-6-4-8(2)5-7-9;1-7-2-4-8(5-3-7)9-6-10;1-7(10)9-8-5-3-2-4-6-8;9-6-8-7-4-2-1-3-5-7;1-2-3;1-2/h1-6,19,26H,7-18,20H2;2-7,20H,8-19H2,1H3;4-7H,3H2,1-2H3,(H,11,12);2-5H,1H3;2-6H,1H3,(H,9,10);1-5H;3H,2H2,1H3;2H,1H3. The number of aliphatic hydroxyl groups excluding tert-OH is 3. The van der Waals surface area contributed by atoms with Gasteiger partial charge < -0.3 is 101 Å². The highest BCUT2D eigenvalue weighted by Gasteiger charge is 2.12. The number of aliphatic imine (C=N–C) groups is 2. The van der Waals surface area contributed by atoms with E-state index in [2.05, 4.69) is 20.6 Å². The second-order valence-corrected chi connectivity index (χ2v) is 23.1. The van der Waals surface area contributed by atoms with E-state index in [-0.39, 0.29) is 19.1 Å². The molecule has 2 amide bonds. The van der Waals surface area contributed by atoms with Crippen LogP contribution in [-0.4, -0.2) is 218 Å². The van der Waals surface area contributed by atoms with E-state index in [1.54, 1.807) is 56.3 Å². The van der Waals surface area contributed by atoms with Crippen LogP contribution in [0.3, 0.4) is 0 Å². The van der Waals surface area contributed by atoms with Crippen LogP contribution in [0.2, 0.25) is 0 Å². The largest absolute Gasteiger partial charge is 0.487 e. The van der Waals surface area contributed by atoms with Crippen molar-refractivity contribution < 1.29 is 115 Å². The number of aliphatic hydroxyl groups is 3. The normalized spacial score (nSPS) is 14.0. The fourth-order valence-electron chi connectivity index (χ4n) is 8.95. The van der Waals surface area contributed by atoms with Gasteiger partial charge in [-0.2, -0.15) is 9.98 Å². The van der Waals surface area contributed by atoms with Crippen LogP contribution < -0.4 is 48.5 Å². The van der Waals surface area contributed by atoms with Crippen LogP contribution in [0.25, 0.3) is 0 Å². The Kier molecular flexibility index (Phi) is 57.1. The van der Waals surface area contributed by atoms with Gasteiger partial charge in [0, 0.05) is 32.0 Å². The average molecular weight is 1590 g/mol. The predicted octanol–water partition coefficient (Wildman–Crippen LogP) is 13.2. The molecule has 0 atom stereocenters. The summed E-state index contributed by atoms with van der Waals surface area (Å²) in [5.74, 6) is 5.21. The lowest BCUT2D eigenvalue weighted by molar-refractivity contribution is -0.114. The van der Waals surface area contributed by atoms with Crippen molar-refractivity contribution in [2.45, 2.75) is 48.1 Å². The number of nitrogens with zero attached hydrogens (tertiary/aromatic N) is 2. The van der Waals surface area contributed by atoms with Gasteiger partial charge in [-0.15, -0.1) is 0 Å². The summed E-state index contributed by atoms with van der Waals surface area (Å²) in [5.41, 5.74) is 7.06. The van der Waals surface area contributed by atoms with Gasteiger partial charge in [0.25, 0.3) is 0 Å². The molecule has 0 aromatic heterocycles. The second kappa shape index (κ2) is 66.8. The number of amides is 2. The Morgan fingerprint density at radius 3 is 0.974 bits per heavy atom. The zero-order valence-corrected chi connectivity index (χ0v) is 66.4. The van der Waals surface area contributed by atoms with Gasteiger partial charge in [-0.25, -0.2) is 14.4 Å². The first kappa shape index (κ1) is 97.4. The van der Waals surface area contributed by atoms with Crippen LogP contribution in [-0.2, 0) is 63.6 Å². The molecule has 8 aromatic carbocycles. The molecule has 0 unspecified atom stereocenters. The molecule has 0 saturated heterocycles. The molecule has 2 heterocycles. The number of fused-ring (bicyclic) bond motifs is 4. The maximum absolute atomic E-state index is 11.0. The highest BCUT2D eigenvalue weighted by atomic mass is 16.6. The molecule has 0 aliphatic carbocycles. The molecule has 0 radical (unpaired) electrons. The Bertz CT molecular complexity index is 3830. The Hall–Kier alpha value is -10.8. The maximum Gasteiger partial charge on any atom is 0.411 e. The van der Waals surface area contributed by atoms with Crippen LogP contribution in [0.15, 0.2) is 204 Å². The Balaban J connectivity index is 0.000000382. The number of rotatable bonds is 6. The molecule has 2 aliphatic rings. The molecule has 620 valence electrons. The number of para-hydroxylation sites is 6. The van der Waals surface area contributed by atoms with E-state index >= 15 is 0 Å². The third-order valence-electron chi connectivity index (χ3n) is 14.2. The number of hydrogen-bond donors (Lipinski definition) is 5. The van der Waals surface area contributed by atoms with E-state index in [1.807, 2.05) is 172 Å². The molecule has 2 aliphatic heterocycles. The lowest BCUT2D eigenvalue weighted by Gasteiger charge is -2.15. The highest BCUT2D eigenvalue weighted by molar-refractivity contribution is 5.88. The molecular formula is C86H112N4O24. The molecule has 28 heteroatoms. The van der Waals surface area contributed by atoms with Gasteiger partial charge in [-0.05, 0) is 143 Å². The van der Waals surface area contributed by atoms with Crippen molar-refractivity contribution in [2.75, 3.05) is 190 Å². The van der Waals surface area contributed by atoms with Crippen molar-refractivity contribution in [3.05, 3.63) is 216 Å². The number of aryl methyl sites for hydroxylation is 3. The minimum atomic E-state index is -0.411. The Labute approximate surface area is 669 Å². The average Bonchev–Trinajstić information content (AvgIpc) is 0.904. The van der Waals surface area contributed by atoms with Crippen LogP contribution >= 0.6 is 0 Å². The van der Waals surface area contributed by atoms with Crippen molar-refractivity contribution in [1.82, 2.24) is 0 Å². The molecule has 8 aromatic rings. The van der Waals surface area contributed by atoms with Gasteiger partial charge in [-0.3, -0.25) is 10.1 Å². The third kappa shape index (κ3) is 48.9. The zero-order chi connectivity index (χ0) is 82.4. The summed E-state index contributed by atoms with van der Waals surface area (Å²) >= 11 is 0. The summed E-state index contributed by atoms with van der Waals surface area (Å²) < 4.78 is 95.7. The molecule has 28 nitrogen and oxygen atoms in total. The van der Waals surface area contributed by atoms with Gasteiger partial charge in [-0.1, -0.05) is 108 Å². The van der Waals surface area contributed by atoms with Crippen LogP contribution in [0.1, 0.15) is 43.0 Å². The monoisotopic (exact) mass is 1580 g/mol. The quantitative estimate of drug-likeness (QED) is 0.0762. The Morgan fingerprint density at radius 2 is 0.632 bits per heavy atom. The summed E-state index contributed by atoms with van der Waals surface area (Å²) in [5, 5.41) is 29.2. The number of nitrogens with one attached hydrogen (secondary N) is 2. The minimum absolute atomic E-state index is 0.0359. The number of anilines is 2. The molecule has 10 rings (SSSR count). The van der Waals surface area contributed by atoms with Crippen LogP contribution in [0.5, 0.6) is 46.0 Å². The fourth-order valence-corrected chi connectivity index (χ4v) is 8.95. The van der Waals surface area contributed by atoms with E-state index in [0.29, 0.717) is 223 Å². The van der Waals surface area contributed by atoms with Crippen molar-refractivity contribution in [3.63, 3.8) is 0 Å². The summed E-state index contributed by atoms with van der Waals surface area (Å²) in [6.07, 6.45) is 2.53. The highest BCUT2D eigenvalue weighted by Crippen LogP contribution is 2.31. The molecular weight excluding hydrogens is 1470 g/mol. The first-order chi connectivity index (χ1) is 55.9. The lowest BCUT2D eigenvalue weighted by atomic mass is 10.2. The SMILES string of the molecule is CC(=O)Nc1ccccc1.CCO.CCOC(=O)Nc1ccc(C)cc1.CO.Cc1ccc(N=C=O)cc1.Cc1ccc2c(c1)OCCOCCOCCOc1ccccc1OCCOCCOCCO2.O=C=Nc1ccccc1.OCc1ccc2c(c1)OCCOCCOCCOc1ccccc1OCCOCCOCCO2. The first-order valence-corrected chi connectivity index (χ1v) is 37.2. The number of ether oxygens (including phenoxy) is 17. The van der Waals surface area contributed by atoms with E-state index < -0.39 is 6.09 Å². The van der Waals surface area contributed by atoms with Crippen LogP contribution in [0, 0.1) is 20.8 Å². The molecule has 0 spiro atoms. The molecule has 0 fully saturated rings. The molecule has 5 N–H and O–H groups in total. The van der Waals surface area contributed by atoms with Gasteiger partial charge in [0.05, 0.1) is 130 Å². The fraction of sp³-hybridized carbons (Fsp3) is 0.395. The van der Waals surface area contributed by atoms with E-state index in [4.69, 9.17) is 90.7 Å². The Morgan fingerprint density at radius 1 is 0.351 bits per heavy atom. The van der Waals surface area contributed by atoms with Gasteiger partial charge >= 0.3 is 6.09 Å². The number of carbonyl (C=O) groups is 2. The number of carbonyl (C=O) groups excluding carboxylic acids is 4.